The Labute approximate surface area is 124 Å². The van der Waals surface area contributed by atoms with Crippen LogP contribution >= 0.6 is 11.8 Å². The van der Waals surface area contributed by atoms with Gasteiger partial charge in [0.25, 0.3) is 5.91 Å². The number of likely N-dealkylation sites (N-methyl/N-ethyl adjacent to an activating group) is 1. The monoisotopic (exact) mass is 294 g/mol. The maximum atomic E-state index is 12.2. The van der Waals surface area contributed by atoms with E-state index in [4.69, 9.17) is 0 Å². The summed E-state index contributed by atoms with van der Waals surface area (Å²) in [5.41, 5.74) is 1.80. The minimum absolute atomic E-state index is 0.0887. The molecule has 0 aliphatic rings. The molecule has 0 heterocycles. The van der Waals surface area contributed by atoms with Gasteiger partial charge in [0, 0.05) is 24.9 Å². The molecule has 110 valence electrons. The van der Waals surface area contributed by atoms with E-state index in [-0.39, 0.29) is 18.4 Å². The molecule has 1 aromatic carbocycles. The molecular weight excluding hydrogens is 272 g/mol. The van der Waals surface area contributed by atoms with Gasteiger partial charge >= 0.3 is 0 Å². The Balaban J connectivity index is 2.57. The van der Waals surface area contributed by atoms with Crippen LogP contribution in [0.4, 0.5) is 0 Å². The molecule has 0 atom stereocenters. The fraction of sp³-hybridized carbons (Fsp3) is 0.467. The number of carbonyl (C=O) groups is 2. The van der Waals surface area contributed by atoms with Crippen molar-refractivity contribution in [3.63, 3.8) is 0 Å². The molecule has 0 aliphatic carbocycles. The van der Waals surface area contributed by atoms with Crippen LogP contribution in [0.15, 0.2) is 24.3 Å². The van der Waals surface area contributed by atoms with Crippen molar-refractivity contribution >= 4 is 23.6 Å². The first-order chi connectivity index (χ1) is 9.58. The highest BCUT2D eigenvalue weighted by atomic mass is 32.2. The third kappa shape index (κ3) is 5.25. The smallest absolute Gasteiger partial charge is 0.254 e. The van der Waals surface area contributed by atoms with Crippen molar-refractivity contribution in [3.05, 3.63) is 35.4 Å². The van der Waals surface area contributed by atoms with Crippen molar-refractivity contribution < 1.29 is 9.59 Å². The second-order valence-electron chi connectivity index (χ2n) is 4.64. The molecule has 0 fully saturated rings. The van der Waals surface area contributed by atoms with Gasteiger partial charge in [-0.2, -0.15) is 11.8 Å². The largest absolute Gasteiger partial charge is 0.355 e. The van der Waals surface area contributed by atoms with E-state index < -0.39 is 0 Å². The van der Waals surface area contributed by atoms with Crippen LogP contribution in [0.3, 0.4) is 0 Å². The van der Waals surface area contributed by atoms with Crippen molar-refractivity contribution in [2.24, 2.45) is 0 Å². The molecule has 0 bridgehead atoms. The van der Waals surface area contributed by atoms with Gasteiger partial charge in [-0.05, 0) is 30.4 Å². The Morgan fingerprint density at radius 3 is 2.45 bits per heavy atom. The van der Waals surface area contributed by atoms with Crippen molar-refractivity contribution in [1.29, 1.82) is 0 Å². The zero-order chi connectivity index (χ0) is 15.0. The molecule has 1 aromatic rings. The molecule has 0 radical (unpaired) electrons. The molecule has 1 N–H and O–H groups in total. The number of nitrogens with zero attached hydrogens (tertiary/aromatic N) is 1. The maximum Gasteiger partial charge on any atom is 0.254 e. The quantitative estimate of drug-likeness (QED) is 0.838. The van der Waals surface area contributed by atoms with E-state index in [1.165, 1.54) is 10.5 Å². The summed E-state index contributed by atoms with van der Waals surface area (Å²) in [6, 6.07) is 7.53. The second kappa shape index (κ2) is 8.64. The van der Waals surface area contributed by atoms with E-state index in [9.17, 15) is 9.59 Å². The highest BCUT2D eigenvalue weighted by molar-refractivity contribution is 7.97. The number of rotatable bonds is 7. The van der Waals surface area contributed by atoms with Gasteiger partial charge in [-0.25, -0.2) is 0 Å². The lowest BCUT2D eigenvalue weighted by atomic mass is 10.1. The van der Waals surface area contributed by atoms with Gasteiger partial charge in [0.05, 0.1) is 6.54 Å². The first kappa shape index (κ1) is 16.6. The van der Waals surface area contributed by atoms with Gasteiger partial charge in [0.1, 0.15) is 0 Å². The number of thioether (sulfide) groups is 1. The molecule has 0 saturated heterocycles. The molecule has 5 heteroatoms. The number of hydrogen-bond donors (Lipinski definition) is 1. The summed E-state index contributed by atoms with van der Waals surface area (Å²) < 4.78 is 0. The van der Waals surface area contributed by atoms with Crippen LogP contribution in [0.2, 0.25) is 0 Å². The SMILES string of the molecule is CCCNC(=O)CN(C)C(=O)c1ccc(CSC)cc1. The summed E-state index contributed by atoms with van der Waals surface area (Å²) in [5.74, 6) is 0.679. The highest BCUT2D eigenvalue weighted by Crippen LogP contribution is 2.11. The van der Waals surface area contributed by atoms with Crippen LogP contribution in [-0.4, -0.2) is 43.1 Å². The summed E-state index contributed by atoms with van der Waals surface area (Å²) in [6.45, 7) is 2.72. The van der Waals surface area contributed by atoms with E-state index in [0.29, 0.717) is 12.1 Å². The number of amides is 2. The third-order valence-corrected chi connectivity index (χ3v) is 3.43. The van der Waals surface area contributed by atoms with E-state index >= 15 is 0 Å². The molecule has 0 spiro atoms. The van der Waals surface area contributed by atoms with Crippen molar-refractivity contribution in [2.45, 2.75) is 19.1 Å². The Morgan fingerprint density at radius 2 is 1.90 bits per heavy atom. The first-order valence-electron chi connectivity index (χ1n) is 6.68. The van der Waals surface area contributed by atoms with Crippen LogP contribution < -0.4 is 5.32 Å². The Bertz CT molecular complexity index is 446. The van der Waals surface area contributed by atoms with Crippen LogP contribution in [0.1, 0.15) is 29.3 Å². The van der Waals surface area contributed by atoms with E-state index in [0.717, 1.165) is 12.2 Å². The summed E-state index contributed by atoms with van der Waals surface area (Å²) in [7, 11) is 1.64. The lowest BCUT2D eigenvalue weighted by Crippen LogP contribution is -2.38. The fourth-order valence-electron chi connectivity index (χ4n) is 1.74. The second-order valence-corrected chi connectivity index (χ2v) is 5.51. The molecule has 4 nitrogen and oxygen atoms in total. The summed E-state index contributed by atoms with van der Waals surface area (Å²) in [4.78, 5) is 25.2. The molecule has 2 amide bonds. The van der Waals surface area contributed by atoms with Gasteiger partial charge in [0.15, 0.2) is 0 Å². The summed E-state index contributed by atoms with van der Waals surface area (Å²) >= 11 is 1.74. The lowest BCUT2D eigenvalue weighted by molar-refractivity contribution is -0.121. The average molecular weight is 294 g/mol. The average Bonchev–Trinajstić information content (AvgIpc) is 2.45. The van der Waals surface area contributed by atoms with E-state index in [1.807, 2.05) is 37.4 Å². The summed E-state index contributed by atoms with van der Waals surface area (Å²) in [6.07, 6.45) is 2.93. The normalized spacial score (nSPS) is 10.2. The van der Waals surface area contributed by atoms with Gasteiger partial charge in [-0.1, -0.05) is 19.1 Å². The fourth-order valence-corrected chi connectivity index (χ4v) is 2.26. The number of hydrogen-bond acceptors (Lipinski definition) is 3. The molecular formula is C15H22N2O2S. The third-order valence-electron chi connectivity index (χ3n) is 2.81. The minimum atomic E-state index is -0.132. The van der Waals surface area contributed by atoms with E-state index in [2.05, 4.69) is 5.32 Å². The lowest BCUT2D eigenvalue weighted by Gasteiger charge is -2.17. The number of benzene rings is 1. The molecule has 1 rings (SSSR count). The molecule has 0 aromatic heterocycles. The maximum absolute atomic E-state index is 12.2. The predicted octanol–water partition coefficient (Wildman–Crippen LogP) is 2.15. The standard InChI is InChI=1S/C15H22N2O2S/c1-4-9-16-14(18)10-17(2)15(19)13-7-5-12(6-8-13)11-20-3/h5-8H,4,9-11H2,1-3H3,(H,16,18). The molecule has 20 heavy (non-hydrogen) atoms. The zero-order valence-corrected chi connectivity index (χ0v) is 13.1. The Kier molecular flexibility index (Phi) is 7.15. The van der Waals surface area contributed by atoms with Crippen LogP contribution in [0.5, 0.6) is 0 Å². The zero-order valence-electron chi connectivity index (χ0n) is 12.3. The van der Waals surface area contributed by atoms with E-state index in [1.54, 1.807) is 18.8 Å². The van der Waals surface area contributed by atoms with Crippen molar-refractivity contribution in [3.8, 4) is 0 Å². The topological polar surface area (TPSA) is 49.4 Å². The Hall–Kier alpha value is -1.49. The van der Waals surface area contributed by atoms with Gasteiger partial charge < -0.3 is 10.2 Å². The van der Waals surface area contributed by atoms with Crippen molar-refractivity contribution in [1.82, 2.24) is 10.2 Å². The van der Waals surface area contributed by atoms with Gasteiger partial charge in [0.2, 0.25) is 5.91 Å². The van der Waals surface area contributed by atoms with Gasteiger partial charge in [-0.15, -0.1) is 0 Å². The van der Waals surface area contributed by atoms with Crippen LogP contribution in [0, 0.1) is 0 Å². The van der Waals surface area contributed by atoms with Gasteiger partial charge in [-0.3, -0.25) is 9.59 Å². The molecule has 0 saturated carbocycles. The molecule has 0 aliphatic heterocycles. The predicted molar refractivity (Wildman–Crippen MR) is 83.9 cm³/mol. The summed E-state index contributed by atoms with van der Waals surface area (Å²) in [5, 5.41) is 2.76. The molecule has 0 unspecified atom stereocenters. The first-order valence-corrected chi connectivity index (χ1v) is 8.08. The number of nitrogens with one attached hydrogen (secondary N) is 1. The van der Waals surface area contributed by atoms with Crippen LogP contribution in [-0.2, 0) is 10.5 Å². The number of carbonyl (C=O) groups excluding carboxylic acids is 2. The van der Waals surface area contributed by atoms with Crippen molar-refractivity contribution in [2.75, 3.05) is 26.4 Å². The Morgan fingerprint density at radius 1 is 1.25 bits per heavy atom. The highest BCUT2D eigenvalue weighted by Gasteiger charge is 2.14. The van der Waals surface area contributed by atoms with Crippen LogP contribution in [0.25, 0.3) is 0 Å². The minimum Gasteiger partial charge on any atom is -0.355 e.